The van der Waals surface area contributed by atoms with E-state index in [9.17, 15) is 5.11 Å². The number of hydrogen-bond acceptors (Lipinski definition) is 3. The van der Waals surface area contributed by atoms with Crippen molar-refractivity contribution in [3.8, 4) is 0 Å². The van der Waals surface area contributed by atoms with Crippen LogP contribution in [0, 0.1) is 6.92 Å². The van der Waals surface area contributed by atoms with Gasteiger partial charge in [-0.25, -0.2) is 0 Å². The molecule has 7 heteroatoms. The topological polar surface area (TPSA) is 74.5 Å². The Labute approximate surface area is 156 Å². The minimum Gasteiger partial charge on any atom is -0.393 e. The van der Waals surface area contributed by atoms with Crippen LogP contribution in [0.25, 0.3) is 0 Å². The Kier molecular flexibility index (Phi) is 9.54. The molecular formula is C16H30IN5O. The van der Waals surface area contributed by atoms with Gasteiger partial charge in [0, 0.05) is 31.9 Å². The van der Waals surface area contributed by atoms with Gasteiger partial charge in [-0.1, -0.05) is 0 Å². The molecule has 1 saturated carbocycles. The lowest BCUT2D eigenvalue weighted by atomic mass is 9.93. The second-order valence-corrected chi connectivity index (χ2v) is 6.04. The zero-order chi connectivity index (χ0) is 15.8. The summed E-state index contributed by atoms with van der Waals surface area (Å²) in [5, 5.41) is 20.6. The normalized spacial score (nSPS) is 21.6. The Morgan fingerprint density at radius 3 is 2.74 bits per heavy atom. The third kappa shape index (κ3) is 7.52. The lowest BCUT2D eigenvalue weighted by molar-refractivity contribution is 0.120. The van der Waals surface area contributed by atoms with Crippen molar-refractivity contribution >= 4 is 29.9 Å². The highest BCUT2D eigenvalue weighted by molar-refractivity contribution is 14.0. The first-order valence-corrected chi connectivity index (χ1v) is 8.39. The molecule has 0 saturated heterocycles. The summed E-state index contributed by atoms with van der Waals surface area (Å²) in [6.07, 6.45) is 8.59. The van der Waals surface area contributed by atoms with Crippen molar-refractivity contribution in [1.29, 1.82) is 0 Å². The van der Waals surface area contributed by atoms with Gasteiger partial charge in [-0.05, 0) is 51.5 Å². The number of nitrogens with one attached hydrogen (secondary N) is 2. The van der Waals surface area contributed by atoms with Gasteiger partial charge < -0.3 is 15.7 Å². The van der Waals surface area contributed by atoms with Crippen molar-refractivity contribution in [2.24, 2.45) is 4.99 Å². The molecule has 1 aliphatic carbocycles. The third-order valence-electron chi connectivity index (χ3n) is 3.96. The molecule has 0 atom stereocenters. The number of halogens is 1. The van der Waals surface area contributed by atoms with Crippen LogP contribution in [0.1, 0.15) is 44.6 Å². The van der Waals surface area contributed by atoms with Crippen molar-refractivity contribution in [3.05, 3.63) is 18.0 Å². The smallest absolute Gasteiger partial charge is 0.191 e. The largest absolute Gasteiger partial charge is 0.393 e. The minimum atomic E-state index is -0.116. The highest BCUT2D eigenvalue weighted by Crippen LogP contribution is 2.18. The number of nitrogens with zero attached hydrogens (tertiary/aromatic N) is 3. The van der Waals surface area contributed by atoms with Crippen LogP contribution in [0.5, 0.6) is 0 Å². The number of hydrogen-bond donors (Lipinski definition) is 3. The van der Waals surface area contributed by atoms with Crippen LogP contribution in [-0.2, 0) is 6.54 Å². The maximum Gasteiger partial charge on any atom is 0.191 e. The van der Waals surface area contributed by atoms with E-state index < -0.39 is 0 Å². The average molecular weight is 435 g/mol. The van der Waals surface area contributed by atoms with Gasteiger partial charge in [0.2, 0.25) is 0 Å². The molecular weight excluding hydrogens is 405 g/mol. The molecule has 0 unspecified atom stereocenters. The SMILES string of the molecule is CCNC(=NCCCn1cc(C)cn1)NC1CCC(O)CC1.I. The summed E-state index contributed by atoms with van der Waals surface area (Å²) in [6, 6.07) is 0.426. The lowest BCUT2D eigenvalue weighted by Gasteiger charge is -2.27. The fraction of sp³-hybridized carbons (Fsp3) is 0.750. The first-order valence-electron chi connectivity index (χ1n) is 8.39. The lowest BCUT2D eigenvalue weighted by Crippen LogP contribution is -2.45. The van der Waals surface area contributed by atoms with Gasteiger partial charge in [0.25, 0.3) is 0 Å². The molecule has 1 aromatic rings. The fourth-order valence-electron chi connectivity index (χ4n) is 2.75. The van der Waals surface area contributed by atoms with E-state index in [0.717, 1.165) is 57.7 Å². The maximum absolute atomic E-state index is 9.57. The molecule has 2 rings (SSSR count). The molecule has 3 N–H and O–H groups in total. The standard InChI is InChI=1S/C16H29N5O.HI/c1-3-17-16(20-14-5-7-15(22)8-6-14)18-9-4-10-21-12-13(2)11-19-21;/h11-12,14-15,22H,3-10H2,1-2H3,(H2,17,18,20);1H. The van der Waals surface area contributed by atoms with Crippen LogP contribution in [0.3, 0.4) is 0 Å². The van der Waals surface area contributed by atoms with E-state index >= 15 is 0 Å². The van der Waals surface area contributed by atoms with E-state index in [4.69, 9.17) is 0 Å². The highest BCUT2D eigenvalue weighted by Gasteiger charge is 2.19. The summed E-state index contributed by atoms with van der Waals surface area (Å²) < 4.78 is 1.97. The second kappa shape index (κ2) is 10.9. The summed E-state index contributed by atoms with van der Waals surface area (Å²) in [4.78, 5) is 4.64. The van der Waals surface area contributed by atoms with Crippen LogP contribution in [0.4, 0.5) is 0 Å². The van der Waals surface area contributed by atoms with Gasteiger partial charge in [-0.2, -0.15) is 5.10 Å². The molecule has 1 fully saturated rings. The summed E-state index contributed by atoms with van der Waals surface area (Å²) in [7, 11) is 0. The Balaban J connectivity index is 0.00000264. The number of aliphatic imine (C=N–C) groups is 1. The average Bonchev–Trinajstić information content (AvgIpc) is 2.91. The van der Waals surface area contributed by atoms with Crippen molar-refractivity contribution in [2.45, 2.75) is 64.6 Å². The van der Waals surface area contributed by atoms with Gasteiger partial charge in [0.15, 0.2) is 5.96 Å². The second-order valence-electron chi connectivity index (χ2n) is 6.04. The number of aryl methyl sites for hydroxylation is 2. The van der Waals surface area contributed by atoms with Crippen molar-refractivity contribution in [3.63, 3.8) is 0 Å². The molecule has 1 aromatic heterocycles. The Bertz CT molecular complexity index is 469. The molecule has 6 nitrogen and oxygen atoms in total. The van der Waals surface area contributed by atoms with Crippen molar-refractivity contribution in [1.82, 2.24) is 20.4 Å². The number of aliphatic hydroxyl groups excluding tert-OH is 1. The summed E-state index contributed by atoms with van der Waals surface area (Å²) in [6.45, 7) is 6.67. The van der Waals surface area contributed by atoms with E-state index in [1.165, 1.54) is 5.56 Å². The molecule has 0 spiro atoms. The minimum absolute atomic E-state index is 0. The summed E-state index contributed by atoms with van der Waals surface area (Å²) in [5.74, 6) is 0.889. The van der Waals surface area contributed by atoms with Crippen LogP contribution in [0.2, 0.25) is 0 Å². The number of aromatic nitrogens is 2. The highest BCUT2D eigenvalue weighted by atomic mass is 127. The van der Waals surface area contributed by atoms with Gasteiger partial charge in [-0.15, -0.1) is 24.0 Å². The Hall–Kier alpha value is -0.830. The predicted molar refractivity (Wildman–Crippen MR) is 104 cm³/mol. The van der Waals surface area contributed by atoms with Gasteiger partial charge in [-0.3, -0.25) is 9.67 Å². The van der Waals surface area contributed by atoms with Gasteiger partial charge in [0.05, 0.1) is 12.3 Å². The van der Waals surface area contributed by atoms with E-state index in [2.05, 4.69) is 40.8 Å². The monoisotopic (exact) mass is 435 g/mol. The molecule has 0 radical (unpaired) electrons. The van der Waals surface area contributed by atoms with E-state index in [1.54, 1.807) is 0 Å². The number of guanidine groups is 1. The number of rotatable bonds is 6. The molecule has 1 aliphatic rings. The predicted octanol–water partition coefficient (Wildman–Crippen LogP) is 2.06. The Morgan fingerprint density at radius 2 is 2.13 bits per heavy atom. The van der Waals surface area contributed by atoms with Crippen LogP contribution in [0.15, 0.2) is 17.4 Å². The first kappa shape index (κ1) is 20.2. The Morgan fingerprint density at radius 1 is 1.39 bits per heavy atom. The molecule has 0 aromatic carbocycles. The molecule has 0 aliphatic heterocycles. The molecule has 0 bridgehead atoms. The van der Waals surface area contributed by atoms with Gasteiger partial charge in [0.1, 0.15) is 0 Å². The zero-order valence-corrected chi connectivity index (χ0v) is 16.5. The maximum atomic E-state index is 9.57. The molecule has 1 heterocycles. The molecule has 23 heavy (non-hydrogen) atoms. The molecule has 132 valence electrons. The van der Waals surface area contributed by atoms with Crippen LogP contribution in [-0.4, -0.2) is 46.1 Å². The van der Waals surface area contributed by atoms with Crippen LogP contribution < -0.4 is 10.6 Å². The quantitative estimate of drug-likeness (QED) is 0.277. The first-order chi connectivity index (χ1) is 10.7. The fourth-order valence-corrected chi connectivity index (χ4v) is 2.75. The van der Waals surface area contributed by atoms with E-state index in [-0.39, 0.29) is 30.1 Å². The van der Waals surface area contributed by atoms with Gasteiger partial charge >= 0.3 is 0 Å². The number of aliphatic hydroxyl groups is 1. The van der Waals surface area contributed by atoms with E-state index in [1.807, 2.05) is 10.9 Å². The molecule has 0 amide bonds. The third-order valence-corrected chi connectivity index (χ3v) is 3.96. The van der Waals surface area contributed by atoms with Crippen LogP contribution >= 0.6 is 24.0 Å². The van der Waals surface area contributed by atoms with E-state index in [0.29, 0.717) is 6.04 Å². The zero-order valence-electron chi connectivity index (χ0n) is 14.2. The van der Waals surface area contributed by atoms with Crippen molar-refractivity contribution in [2.75, 3.05) is 13.1 Å². The van der Waals surface area contributed by atoms with Crippen molar-refractivity contribution < 1.29 is 5.11 Å². The summed E-state index contributed by atoms with van der Waals surface area (Å²) >= 11 is 0. The summed E-state index contributed by atoms with van der Waals surface area (Å²) in [5.41, 5.74) is 1.19.